The van der Waals surface area contributed by atoms with Crippen LogP contribution in [0.5, 0.6) is 5.75 Å². The van der Waals surface area contributed by atoms with Crippen LogP contribution in [-0.2, 0) is 23.1 Å². The molecule has 1 saturated heterocycles. The van der Waals surface area contributed by atoms with Crippen LogP contribution in [0.3, 0.4) is 0 Å². The predicted octanol–water partition coefficient (Wildman–Crippen LogP) is 2.77. The summed E-state index contributed by atoms with van der Waals surface area (Å²) in [7, 11) is 1.88. The number of carbonyl (C=O) groups is 3. The van der Waals surface area contributed by atoms with Gasteiger partial charge in [-0.05, 0) is 69.2 Å². The Labute approximate surface area is 218 Å². The van der Waals surface area contributed by atoms with Crippen molar-refractivity contribution in [2.45, 2.75) is 58.3 Å². The van der Waals surface area contributed by atoms with Crippen LogP contribution in [0, 0.1) is 12.3 Å². The second-order valence-corrected chi connectivity index (χ2v) is 10.3. The normalized spacial score (nSPS) is 19.1. The molecule has 2 N–H and O–H groups in total. The van der Waals surface area contributed by atoms with Gasteiger partial charge in [0.25, 0.3) is 5.91 Å². The van der Waals surface area contributed by atoms with Gasteiger partial charge in [-0.15, -0.1) is 0 Å². The Morgan fingerprint density at radius 2 is 1.84 bits per heavy atom. The van der Waals surface area contributed by atoms with Crippen LogP contribution in [-0.4, -0.2) is 65.2 Å². The Balaban J connectivity index is 1.35. The molecule has 3 heterocycles. The molecule has 9 nitrogen and oxygen atoms in total. The van der Waals surface area contributed by atoms with Gasteiger partial charge in [0, 0.05) is 51.5 Å². The van der Waals surface area contributed by atoms with E-state index in [4.69, 9.17) is 4.74 Å². The number of hydrogen-bond donors (Lipinski definition) is 2. The molecule has 0 saturated carbocycles. The molecule has 1 aromatic carbocycles. The van der Waals surface area contributed by atoms with Crippen molar-refractivity contribution in [1.82, 2.24) is 25.3 Å². The number of amides is 3. The first kappa shape index (κ1) is 26.7. The van der Waals surface area contributed by atoms with E-state index in [-0.39, 0.29) is 17.7 Å². The second kappa shape index (κ2) is 12.3. The fraction of sp³-hybridized carbons (Fsp3) is 0.571. The second-order valence-electron chi connectivity index (χ2n) is 10.3. The molecule has 37 heavy (non-hydrogen) atoms. The molecule has 2 aromatic rings. The molecule has 200 valence electrons. The molecule has 1 aromatic heterocycles. The SMILES string of the molecule is Cc1ccc2c(c1)OCCCNC(=O)C1(CCCCNC2=O)CCN(C(=O)CCc2ccnn2C)CC1. The summed E-state index contributed by atoms with van der Waals surface area (Å²) < 4.78 is 7.72. The number of aromatic nitrogens is 2. The van der Waals surface area contributed by atoms with Crippen molar-refractivity contribution in [3.05, 3.63) is 47.3 Å². The third-order valence-corrected chi connectivity index (χ3v) is 7.69. The number of nitrogens with zero attached hydrogens (tertiary/aromatic N) is 3. The Morgan fingerprint density at radius 1 is 1.05 bits per heavy atom. The van der Waals surface area contributed by atoms with Crippen LogP contribution >= 0.6 is 0 Å². The number of likely N-dealkylation sites (tertiary alicyclic amines) is 1. The lowest BCUT2D eigenvalue weighted by molar-refractivity contribution is -0.141. The zero-order valence-corrected chi connectivity index (χ0v) is 22.1. The van der Waals surface area contributed by atoms with Crippen molar-refractivity contribution in [3.8, 4) is 5.75 Å². The minimum absolute atomic E-state index is 0.0737. The largest absolute Gasteiger partial charge is 0.493 e. The molecule has 0 unspecified atom stereocenters. The van der Waals surface area contributed by atoms with Crippen LogP contribution in [0.15, 0.2) is 30.5 Å². The average Bonchev–Trinajstić information content (AvgIpc) is 3.31. The summed E-state index contributed by atoms with van der Waals surface area (Å²) in [6.07, 6.45) is 7.18. The van der Waals surface area contributed by atoms with Gasteiger partial charge in [0.15, 0.2) is 0 Å². The molecule has 2 aliphatic heterocycles. The van der Waals surface area contributed by atoms with E-state index >= 15 is 0 Å². The number of ether oxygens (including phenoxy) is 1. The lowest BCUT2D eigenvalue weighted by Crippen LogP contribution is -2.50. The number of piperidine rings is 1. The molecule has 0 radical (unpaired) electrons. The van der Waals surface area contributed by atoms with E-state index in [9.17, 15) is 14.4 Å². The van der Waals surface area contributed by atoms with Gasteiger partial charge in [-0.3, -0.25) is 19.1 Å². The summed E-state index contributed by atoms with van der Waals surface area (Å²) in [6.45, 7) is 4.62. The van der Waals surface area contributed by atoms with Crippen molar-refractivity contribution in [3.63, 3.8) is 0 Å². The maximum Gasteiger partial charge on any atom is 0.255 e. The van der Waals surface area contributed by atoms with Crippen LogP contribution in [0.25, 0.3) is 0 Å². The standard InChI is InChI=1S/C28H39N5O4/c1-21-6-8-23-24(20-21)37-19-5-15-30-27(36)28(11-3-4-14-29-26(23)35)12-17-33(18-13-28)25(34)9-7-22-10-16-31-32(22)2/h6,8,10,16,20H,3-5,7,9,11-15,17-19H2,1-2H3,(H,29,35)(H,30,36). The Hall–Kier alpha value is -3.36. The highest BCUT2D eigenvalue weighted by Gasteiger charge is 2.41. The van der Waals surface area contributed by atoms with Gasteiger partial charge in [0.2, 0.25) is 11.8 Å². The van der Waals surface area contributed by atoms with E-state index in [2.05, 4.69) is 15.7 Å². The van der Waals surface area contributed by atoms with Crippen molar-refractivity contribution in [1.29, 1.82) is 0 Å². The van der Waals surface area contributed by atoms with Crippen molar-refractivity contribution >= 4 is 17.7 Å². The van der Waals surface area contributed by atoms with E-state index < -0.39 is 5.41 Å². The number of nitrogens with one attached hydrogen (secondary N) is 2. The quantitative estimate of drug-likeness (QED) is 0.662. The van der Waals surface area contributed by atoms with Crippen molar-refractivity contribution in [2.24, 2.45) is 12.5 Å². The summed E-state index contributed by atoms with van der Waals surface area (Å²) in [5.41, 5.74) is 2.13. The maximum atomic E-state index is 13.4. The van der Waals surface area contributed by atoms with Gasteiger partial charge in [0.05, 0.1) is 17.6 Å². The van der Waals surface area contributed by atoms with E-state index in [1.807, 2.05) is 37.1 Å². The maximum absolute atomic E-state index is 13.4. The molecule has 4 rings (SSSR count). The fourth-order valence-corrected chi connectivity index (χ4v) is 5.28. The lowest BCUT2D eigenvalue weighted by atomic mass is 9.73. The zero-order valence-electron chi connectivity index (χ0n) is 22.1. The molecule has 1 fully saturated rings. The monoisotopic (exact) mass is 509 g/mol. The number of aryl methyl sites for hydroxylation is 3. The average molecular weight is 510 g/mol. The van der Waals surface area contributed by atoms with Gasteiger partial charge >= 0.3 is 0 Å². The third-order valence-electron chi connectivity index (χ3n) is 7.69. The minimum atomic E-state index is -0.482. The number of fused-ring (bicyclic) bond motifs is 1. The van der Waals surface area contributed by atoms with Gasteiger partial charge < -0.3 is 20.3 Å². The van der Waals surface area contributed by atoms with Gasteiger partial charge in [-0.25, -0.2) is 0 Å². The van der Waals surface area contributed by atoms with E-state index in [1.54, 1.807) is 16.9 Å². The highest BCUT2D eigenvalue weighted by atomic mass is 16.5. The number of hydrogen-bond acceptors (Lipinski definition) is 5. The molecular formula is C28H39N5O4. The summed E-state index contributed by atoms with van der Waals surface area (Å²) in [6, 6.07) is 7.54. The van der Waals surface area contributed by atoms with Gasteiger partial charge in [-0.2, -0.15) is 5.10 Å². The molecule has 3 amide bonds. The van der Waals surface area contributed by atoms with Crippen molar-refractivity contribution < 1.29 is 19.1 Å². The molecular weight excluding hydrogens is 470 g/mol. The fourth-order valence-electron chi connectivity index (χ4n) is 5.28. The Kier molecular flexibility index (Phi) is 8.84. The summed E-state index contributed by atoms with van der Waals surface area (Å²) in [5.74, 6) is 0.648. The molecule has 0 bridgehead atoms. The van der Waals surface area contributed by atoms with Gasteiger partial charge in [0.1, 0.15) is 5.75 Å². The molecule has 1 spiro atoms. The van der Waals surface area contributed by atoms with E-state index in [1.165, 1.54) is 0 Å². The highest BCUT2D eigenvalue weighted by Crippen LogP contribution is 2.37. The minimum Gasteiger partial charge on any atom is -0.493 e. The molecule has 0 atom stereocenters. The summed E-state index contributed by atoms with van der Waals surface area (Å²) in [5, 5.41) is 10.3. The highest BCUT2D eigenvalue weighted by molar-refractivity contribution is 5.97. The van der Waals surface area contributed by atoms with E-state index in [0.717, 1.165) is 30.5 Å². The number of benzene rings is 1. The topological polar surface area (TPSA) is 106 Å². The smallest absolute Gasteiger partial charge is 0.255 e. The summed E-state index contributed by atoms with van der Waals surface area (Å²) in [4.78, 5) is 40.9. The van der Waals surface area contributed by atoms with E-state index in [0.29, 0.717) is 76.2 Å². The Morgan fingerprint density at radius 3 is 2.59 bits per heavy atom. The first-order chi connectivity index (χ1) is 17.9. The third kappa shape index (κ3) is 6.70. The molecule has 9 heteroatoms. The number of rotatable bonds is 3. The first-order valence-corrected chi connectivity index (χ1v) is 13.4. The lowest BCUT2D eigenvalue weighted by Gasteiger charge is -2.41. The zero-order chi connectivity index (χ0) is 26.3. The van der Waals surface area contributed by atoms with Crippen LogP contribution in [0.1, 0.15) is 66.6 Å². The van der Waals surface area contributed by atoms with Crippen molar-refractivity contribution in [2.75, 3.05) is 32.8 Å². The summed E-state index contributed by atoms with van der Waals surface area (Å²) >= 11 is 0. The van der Waals surface area contributed by atoms with Gasteiger partial charge in [-0.1, -0.05) is 12.5 Å². The molecule has 2 aliphatic rings. The Bertz CT molecular complexity index is 1100. The predicted molar refractivity (Wildman–Crippen MR) is 140 cm³/mol. The first-order valence-electron chi connectivity index (χ1n) is 13.4. The molecule has 0 aliphatic carbocycles. The van der Waals surface area contributed by atoms with Crippen LogP contribution in [0.4, 0.5) is 0 Å². The van der Waals surface area contributed by atoms with Crippen LogP contribution < -0.4 is 15.4 Å². The number of carbonyl (C=O) groups excluding carboxylic acids is 3. The van der Waals surface area contributed by atoms with Crippen LogP contribution in [0.2, 0.25) is 0 Å².